The lowest BCUT2D eigenvalue weighted by Crippen LogP contribution is -2.26. The van der Waals surface area contributed by atoms with Gasteiger partial charge in [-0.2, -0.15) is 0 Å². The lowest BCUT2D eigenvalue weighted by molar-refractivity contribution is 0.0251. The van der Waals surface area contributed by atoms with E-state index in [2.05, 4.69) is 30.4 Å². The van der Waals surface area contributed by atoms with E-state index in [0.29, 0.717) is 6.10 Å². The maximum atomic E-state index is 6.07. The highest BCUT2D eigenvalue weighted by atomic mass is 16.5. The molecular weight excluding hydrogens is 214 g/mol. The van der Waals surface area contributed by atoms with Crippen molar-refractivity contribution in [2.45, 2.75) is 32.4 Å². The van der Waals surface area contributed by atoms with Crippen molar-refractivity contribution in [1.29, 1.82) is 0 Å². The molecule has 1 aromatic carbocycles. The van der Waals surface area contributed by atoms with Crippen molar-refractivity contribution >= 4 is 0 Å². The molecule has 0 aliphatic carbocycles. The van der Waals surface area contributed by atoms with Gasteiger partial charge in [-0.15, -0.1) is 0 Å². The number of hydrogen-bond donors (Lipinski definition) is 1. The Labute approximate surface area is 103 Å². The molecule has 1 heterocycles. The summed E-state index contributed by atoms with van der Waals surface area (Å²) in [6.45, 7) is 4.59. The van der Waals surface area contributed by atoms with Crippen molar-refractivity contribution in [2.75, 3.05) is 20.3 Å². The standard InChI is InChI=1S/C14H21NO2/c1-11-3-4-14(12(9-11)10-15-2)17-13-5-7-16-8-6-13/h3-4,9,13,15H,5-8,10H2,1-2H3. The zero-order chi connectivity index (χ0) is 12.1. The number of rotatable bonds is 4. The predicted octanol–water partition coefficient (Wildman–Crippen LogP) is 2.27. The van der Waals surface area contributed by atoms with Crippen LogP contribution >= 0.6 is 0 Å². The first-order valence-corrected chi connectivity index (χ1v) is 6.28. The van der Waals surface area contributed by atoms with Gasteiger partial charge in [-0.3, -0.25) is 0 Å². The average molecular weight is 235 g/mol. The third kappa shape index (κ3) is 3.45. The van der Waals surface area contributed by atoms with Gasteiger partial charge in [0, 0.05) is 24.9 Å². The average Bonchev–Trinajstić information content (AvgIpc) is 2.34. The van der Waals surface area contributed by atoms with E-state index in [1.54, 1.807) is 0 Å². The van der Waals surface area contributed by atoms with Crippen LogP contribution in [0.25, 0.3) is 0 Å². The van der Waals surface area contributed by atoms with Gasteiger partial charge in [0.15, 0.2) is 0 Å². The molecule has 0 aromatic heterocycles. The Bertz CT molecular complexity index is 359. The quantitative estimate of drug-likeness (QED) is 0.868. The molecule has 0 atom stereocenters. The van der Waals surface area contributed by atoms with Crippen LogP contribution in [0.2, 0.25) is 0 Å². The van der Waals surface area contributed by atoms with Gasteiger partial charge in [0.05, 0.1) is 13.2 Å². The largest absolute Gasteiger partial charge is 0.490 e. The van der Waals surface area contributed by atoms with E-state index in [9.17, 15) is 0 Å². The Balaban J connectivity index is 2.07. The molecule has 1 saturated heterocycles. The smallest absolute Gasteiger partial charge is 0.124 e. The molecule has 1 aromatic rings. The van der Waals surface area contributed by atoms with Gasteiger partial charge in [-0.1, -0.05) is 17.7 Å². The first-order valence-electron chi connectivity index (χ1n) is 6.28. The highest BCUT2D eigenvalue weighted by molar-refractivity contribution is 5.37. The zero-order valence-electron chi connectivity index (χ0n) is 10.7. The second-order valence-electron chi connectivity index (χ2n) is 4.57. The first-order chi connectivity index (χ1) is 8.29. The summed E-state index contributed by atoms with van der Waals surface area (Å²) in [4.78, 5) is 0. The zero-order valence-corrected chi connectivity index (χ0v) is 10.7. The summed E-state index contributed by atoms with van der Waals surface area (Å²) in [6.07, 6.45) is 2.29. The summed E-state index contributed by atoms with van der Waals surface area (Å²) in [6, 6.07) is 6.37. The SMILES string of the molecule is CNCc1cc(C)ccc1OC1CCOCC1. The van der Waals surface area contributed by atoms with Crippen LogP contribution in [0.4, 0.5) is 0 Å². The van der Waals surface area contributed by atoms with Crippen molar-refractivity contribution in [3.8, 4) is 5.75 Å². The molecule has 17 heavy (non-hydrogen) atoms. The molecule has 0 saturated carbocycles. The topological polar surface area (TPSA) is 30.5 Å². The van der Waals surface area contributed by atoms with E-state index in [-0.39, 0.29) is 0 Å². The molecule has 1 aliphatic heterocycles. The fourth-order valence-corrected chi connectivity index (χ4v) is 2.13. The second-order valence-corrected chi connectivity index (χ2v) is 4.57. The summed E-state index contributed by atoms with van der Waals surface area (Å²) in [5, 5.41) is 3.18. The minimum atomic E-state index is 0.307. The molecule has 3 nitrogen and oxygen atoms in total. The third-order valence-corrected chi connectivity index (χ3v) is 3.05. The van der Waals surface area contributed by atoms with Crippen LogP contribution in [-0.2, 0) is 11.3 Å². The van der Waals surface area contributed by atoms with Crippen molar-refractivity contribution in [1.82, 2.24) is 5.32 Å². The van der Waals surface area contributed by atoms with Crippen LogP contribution in [0, 0.1) is 6.92 Å². The molecule has 3 heteroatoms. The molecule has 1 fully saturated rings. The minimum Gasteiger partial charge on any atom is -0.490 e. The minimum absolute atomic E-state index is 0.307. The Morgan fingerprint density at radius 1 is 1.35 bits per heavy atom. The molecule has 0 spiro atoms. The molecule has 2 rings (SSSR count). The van der Waals surface area contributed by atoms with E-state index in [0.717, 1.165) is 38.3 Å². The summed E-state index contributed by atoms with van der Waals surface area (Å²) >= 11 is 0. The maximum absolute atomic E-state index is 6.07. The molecule has 0 amide bonds. The van der Waals surface area contributed by atoms with E-state index >= 15 is 0 Å². The van der Waals surface area contributed by atoms with E-state index in [4.69, 9.17) is 9.47 Å². The molecular formula is C14H21NO2. The van der Waals surface area contributed by atoms with Gasteiger partial charge in [-0.05, 0) is 20.0 Å². The number of benzene rings is 1. The lowest BCUT2D eigenvalue weighted by Gasteiger charge is -2.24. The van der Waals surface area contributed by atoms with Gasteiger partial charge in [-0.25, -0.2) is 0 Å². The van der Waals surface area contributed by atoms with E-state index in [1.807, 2.05) is 7.05 Å². The normalized spacial score (nSPS) is 17.1. The van der Waals surface area contributed by atoms with Crippen molar-refractivity contribution < 1.29 is 9.47 Å². The Hall–Kier alpha value is -1.06. The van der Waals surface area contributed by atoms with Crippen molar-refractivity contribution in [3.63, 3.8) is 0 Å². The Morgan fingerprint density at radius 3 is 2.82 bits per heavy atom. The van der Waals surface area contributed by atoms with Crippen LogP contribution in [0.5, 0.6) is 5.75 Å². The number of aryl methyl sites for hydroxylation is 1. The first kappa shape index (κ1) is 12.4. The fourth-order valence-electron chi connectivity index (χ4n) is 2.13. The third-order valence-electron chi connectivity index (χ3n) is 3.05. The summed E-state index contributed by atoms with van der Waals surface area (Å²) in [5.74, 6) is 1.01. The van der Waals surface area contributed by atoms with Gasteiger partial charge >= 0.3 is 0 Å². The van der Waals surface area contributed by atoms with Crippen LogP contribution in [0.15, 0.2) is 18.2 Å². The van der Waals surface area contributed by atoms with Crippen LogP contribution < -0.4 is 10.1 Å². The Morgan fingerprint density at radius 2 is 2.12 bits per heavy atom. The summed E-state index contributed by atoms with van der Waals surface area (Å²) in [7, 11) is 1.96. The molecule has 1 aliphatic rings. The van der Waals surface area contributed by atoms with Crippen molar-refractivity contribution in [2.24, 2.45) is 0 Å². The van der Waals surface area contributed by atoms with Gasteiger partial charge in [0.25, 0.3) is 0 Å². The summed E-state index contributed by atoms with van der Waals surface area (Å²) < 4.78 is 11.4. The monoisotopic (exact) mass is 235 g/mol. The number of hydrogen-bond acceptors (Lipinski definition) is 3. The van der Waals surface area contributed by atoms with Gasteiger partial charge in [0.1, 0.15) is 11.9 Å². The predicted molar refractivity (Wildman–Crippen MR) is 68.4 cm³/mol. The fraction of sp³-hybridized carbons (Fsp3) is 0.571. The molecule has 1 N–H and O–H groups in total. The van der Waals surface area contributed by atoms with Gasteiger partial charge in [0.2, 0.25) is 0 Å². The van der Waals surface area contributed by atoms with Crippen LogP contribution in [0.3, 0.4) is 0 Å². The van der Waals surface area contributed by atoms with Crippen LogP contribution in [-0.4, -0.2) is 26.4 Å². The molecule has 0 unspecified atom stereocenters. The number of nitrogens with one attached hydrogen (secondary N) is 1. The van der Waals surface area contributed by atoms with Gasteiger partial charge < -0.3 is 14.8 Å². The van der Waals surface area contributed by atoms with Crippen LogP contribution in [0.1, 0.15) is 24.0 Å². The molecule has 0 radical (unpaired) electrons. The maximum Gasteiger partial charge on any atom is 0.124 e. The van der Waals surface area contributed by atoms with Crippen molar-refractivity contribution in [3.05, 3.63) is 29.3 Å². The lowest BCUT2D eigenvalue weighted by atomic mass is 10.1. The summed E-state index contributed by atoms with van der Waals surface area (Å²) in [5.41, 5.74) is 2.51. The number of ether oxygens (including phenoxy) is 2. The molecule has 94 valence electrons. The second kappa shape index (κ2) is 6.03. The highest BCUT2D eigenvalue weighted by Gasteiger charge is 2.16. The van der Waals surface area contributed by atoms with E-state index in [1.165, 1.54) is 11.1 Å². The highest BCUT2D eigenvalue weighted by Crippen LogP contribution is 2.23. The Kier molecular flexibility index (Phi) is 4.40. The molecule has 0 bridgehead atoms. The van der Waals surface area contributed by atoms with E-state index < -0.39 is 0 Å².